The molecule has 0 fully saturated rings. The SMILES string of the molecule is CC(=O)OC/C=C1/CC([Si](C)(C)C)=CC1=O. The van der Waals surface area contributed by atoms with Crippen LogP contribution in [0.4, 0.5) is 0 Å². The van der Waals surface area contributed by atoms with Crippen molar-refractivity contribution in [3.63, 3.8) is 0 Å². The lowest BCUT2D eigenvalue weighted by Gasteiger charge is -2.16. The first-order valence-corrected chi connectivity index (χ1v) is 8.88. The van der Waals surface area contributed by atoms with Crippen molar-refractivity contribution in [2.45, 2.75) is 33.0 Å². The first kappa shape index (κ1) is 12.9. The van der Waals surface area contributed by atoms with Crippen molar-refractivity contribution in [1.82, 2.24) is 0 Å². The molecule has 0 aromatic carbocycles. The Labute approximate surface area is 97.2 Å². The van der Waals surface area contributed by atoms with E-state index in [4.69, 9.17) is 4.74 Å². The molecule has 0 atom stereocenters. The molecule has 0 saturated carbocycles. The summed E-state index contributed by atoms with van der Waals surface area (Å²) >= 11 is 0. The van der Waals surface area contributed by atoms with Crippen molar-refractivity contribution in [2.24, 2.45) is 0 Å². The number of carbonyl (C=O) groups excluding carboxylic acids is 2. The van der Waals surface area contributed by atoms with Gasteiger partial charge in [-0.3, -0.25) is 9.59 Å². The minimum Gasteiger partial charge on any atom is -0.462 e. The number of ketones is 1. The van der Waals surface area contributed by atoms with Crippen molar-refractivity contribution in [2.75, 3.05) is 6.61 Å². The van der Waals surface area contributed by atoms with Crippen LogP contribution in [0.25, 0.3) is 0 Å². The highest BCUT2D eigenvalue weighted by Crippen LogP contribution is 2.28. The van der Waals surface area contributed by atoms with Crippen molar-refractivity contribution < 1.29 is 14.3 Å². The average molecular weight is 238 g/mol. The van der Waals surface area contributed by atoms with Crippen LogP contribution in [0.5, 0.6) is 0 Å². The molecule has 4 heteroatoms. The number of ether oxygens (including phenoxy) is 1. The summed E-state index contributed by atoms with van der Waals surface area (Å²) in [6.45, 7) is 8.23. The van der Waals surface area contributed by atoms with E-state index in [-0.39, 0.29) is 18.4 Å². The maximum Gasteiger partial charge on any atom is 0.302 e. The Hall–Kier alpha value is -1.16. The average Bonchev–Trinajstić information content (AvgIpc) is 2.46. The van der Waals surface area contributed by atoms with Crippen LogP contribution in [0.3, 0.4) is 0 Å². The highest BCUT2D eigenvalue weighted by Gasteiger charge is 2.27. The van der Waals surface area contributed by atoms with Gasteiger partial charge in [0.15, 0.2) is 5.78 Å². The van der Waals surface area contributed by atoms with E-state index in [1.165, 1.54) is 12.1 Å². The lowest BCUT2D eigenvalue weighted by Crippen LogP contribution is -2.22. The van der Waals surface area contributed by atoms with E-state index in [9.17, 15) is 9.59 Å². The summed E-state index contributed by atoms with van der Waals surface area (Å²) in [5.74, 6) is -0.245. The van der Waals surface area contributed by atoms with Gasteiger partial charge in [0.1, 0.15) is 6.61 Å². The molecule has 88 valence electrons. The molecule has 0 radical (unpaired) electrons. The summed E-state index contributed by atoms with van der Waals surface area (Å²) in [5.41, 5.74) is 0.763. The maximum atomic E-state index is 11.6. The van der Waals surface area contributed by atoms with Crippen LogP contribution in [-0.2, 0) is 14.3 Å². The number of carbonyl (C=O) groups is 2. The Kier molecular flexibility index (Phi) is 3.86. The highest BCUT2D eigenvalue weighted by atomic mass is 28.3. The molecule has 3 nitrogen and oxygen atoms in total. The fourth-order valence-corrected chi connectivity index (χ4v) is 2.79. The summed E-state index contributed by atoms with van der Waals surface area (Å²) in [5, 5.41) is 1.27. The summed E-state index contributed by atoms with van der Waals surface area (Å²) in [6.07, 6.45) is 4.20. The molecule has 0 saturated heterocycles. The summed E-state index contributed by atoms with van der Waals surface area (Å²) in [6, 6.07) is 0. The van der Waals surface area contributed by atoms with Gasteiger partial charge in [-0.05, 0) is 18.6 Å². The van der Waals surface area contributed by atoms with Gasteiger partial charge in [-0.1, -0.05) is 24.8 Å². The van der Waals surface area contributed by atoms with E-state index in [1.54, 1.807) is 12.2 Å². The zero-order chi connectivity index (χ0) is 12.3. The molecule has 0 unspecified atom stereocenters. The second kappa shape index (κ2) is 4.78. The Bertz CT molecular complexity index is 372. The number of esters is 1. The standard InChI is InChI=1S/C12H18O3Si/c1-9(13)15-6-5-10-7-11(8-12(10)14)16(2,3)4/h5,8H,6-7H2,1-4H3/b10-5-. The molecule has 16 heavy (non-hydrogen) atoms. The predicted octanol–water partition coefficient (Wildman–Crippen LogP) is 2.25. The molecule has 0 N–H and O–H groups in total. The Balaban J connectivity index is 2.63. The predicted molar refractivity (Wildman–Crippen MR) is 65.8 cm³/mol. The minimum absolute atomic E-state index is 0.0737. The minimum atomic E-state index is -1.38. The number of rotatable bonds is 3. The van der Waals surface area contributed by atoms with Crippen LogP contribution < -0.4 is 0 Å². The third-order valence-electron chi connectivity index (χ3n) is 2.58. The van der Waals surface area contributed by atoms with Gasteiger partial charge < -0.3 is 4.74 Å². The molecule has 0 heterocycles. The fraction of sp³-hybridized carbons (Fsp3) is 0.500. The van der Waals surface area contributed by atoms with E-state index in [0.29, 0.717) is 0 Å². The third-order valence-corrected chi connectivity index (χ3v) is 4.83. The fourth-order valence-electron chi connectivity index (χ4n) is 1.51. The molecule has 1 aliphatic rings. The van der Waals surface area contributed by atoms with Gasteiger partial charge >= 0.3 is 5.97 Å². The zero-order valence-electron chi connectivity index (χ0n) is 10.3. The lowest BCUT2D eigenvalue weighted by molar-refractivity contribution is -0.139. The summed E-state index contributed by atoms with van der Waals surface area (Å²) in [7, 11) is -1.38. The van der Waals surface area contributed by atoms with Crippen molar-refractivity contribution in [1.29, 1.82) is 0 Å². The molecule has 0 aromatic heterocycles. The van der Waals surface area contributed by atoms with Crippen LogP contribution >= 0.6 is 0 Å². The van der Waals surface area contributed by atoms with Crippen molar-refractivity contribution >= 4 is 19.8 Å². The van der Waals surface area contributed by atoms with Gasteiger partial charge in [-0.15, -0.1) is 0 Å². The normalized spacial score (nSPS) is 18.9. The first-order chi connectivity index (χ1) is 7.30. The molecule has 0 aromatic rings. The zero-order valence-corrected chi connectivity index (χ0v) is 11.3. The van der Waals surface area contributed by atoms with Crippen LogP contribution in [-0.4, -0.2) is 26.4 Å². The second-order valence-corrected chi connectivity index (χ2v) is 10.1. The first-order valence-electron chi connectivity index (χ1n) is 5.38. The van der Waals surface area contributed by atoms with Gasteiger partial charge in [-0.25, -0.2) is 0 Å². The second-order valence-electron chi connectivity index (χ2n) is 4.99. The van der Waals surface area contributed by atoms with E-state index in [2.05, 4.69) is 19.6 Å². The van der Waals surface area contributed by atoms with E-state index >= 15 is 0 Å². The van der Waals surface area contributed by atoms with E-state index < -0.39 is 8.07 Å². The van der Waals surface area contributed by atoms with Crippen molar-refractivity contribution in [3.05, 3.63) is 22.9 Å². The Morgan fingerprint density at radius 2 is 2.12 bits per heavy atom. The van der Waals surface area contributed by atoms with E-state index in [0.717, 1.165) is 12.0 Å². The van der Waals surface area contributed by atoms with Gasteiger partial charge in [-0.2, -0.15) is 0 Å². The van der Waals surface area contributed by atoms with Crippen LogP contribution in [0.1, 0.15) is 13.3 Å². The van der Waals surface area contributed by atoms with Gasteiger partial charge in [0.25, 0.3) is 0 Å². The van der Waals surface area contributed by atoms with Gasteiger partial charge in [0.2, 0.25) is 0 Å². The van der Waals surface area contributed by atoms with Gasteiger partial charge in [0.05, 0.1) is 8.07 Å². The number of hydrogen-bond donors (Lipinski definition) is 0. The molecule has 0 amide bonds. The van der Waals surface area contributed by atoms with Crippen LogP contribution in [0, 0.1) is 0 Å². The Morgan fingerprint density at radius 3 is 2.56 bits per heavy atom. The molecule has 0 aliphatic heterocycles. The smallest absolute Gasteiger partial charge is 0.302 e. The lowest BCUT2D eigenvalue weighted by atomic mass is 10.2. The quantitative estimate of drug-likeness (QED) is 0.430. The number of allylic oxidation sites excluding steroid dienone is 3. The molecule has 1 rings (SSSR count). The van der Waals surface area contributed by atoms with E-state index in [1.807, 2.05) is 0 Å². The van der Waals surface area contributed by atoms with Crippen molar-refractivity contribution in [3.8, 4) is 0 Å². The Morgan fingerprint density at radius 1 is 1.50 bits per heavy atom. The van der Waals surface area contributed by atoms with Crippen LogP contribution in [0.15, 0.2) is 22.9 Å². The number of hydrogen-bond acceptors (Lipinski definition) is 3. The molecular weight excluding hydrogens is 220 g/mol. The largest absolute Gasteiger partial charge is 0.462 e. The summed E-state index contributed by atoms with van der Waals surface area (Å²) < 4.78 is 4.79. The highest BCUT2D eigenvalue weighted by molar-refractivity contribution is 6.83. The summed E-state index contributed by atoms with van der Waals surface area (Å²) in [4.78, 5) is 22.2. The topological polar surface area (TPSA) is 43.4 Å². The molecule has 0 spiro atoms. The monoisotopic (exact) mass is 238 g/mol. The van der Waals surface area contributed by atoms with Gasteiger partial charge in [0, 0.05) is 12.5 Å². The molecule has 1 aliphatic carbocycles. The maximum absolute atomic E-state index is 11.6. The molecule has 0 bridgehead atoms. The molecular formula is C12H18O3Si. The van der Waals surface area contributed by atoms with Crippen LogP contribution in [0.2, 0.25) is 19.6 Å². The third kappa shape index (κ3) is 3.45.